The van der Waals surface area contributed by atoms with E-state index in [-0.39, 0.29) is 0 Å². The Balaban J connectivity index is 1.69. The number of hydrogen-bond donors (Lipinski definition) is 0. The van der Waals surface area contributed by atoms with E-state index in [1.54, 1.807) is 31.0 Å². The van der Waals surface area contributed by atoms with Crippen LogP contribution in [0.1, 0.15) is 11.1 Å². The maximum atomic E-state index is 9.02. The minimum Gasteiger partial charge on any atom is -0.497 e. The van der Waals surface area contributed by atoms with Gasteiger partial charge in [-0.3, -0.25) is 4.57 Å². The molecule has 30 heavy (non-hydrogen) atoms. The third-order valence-corrected chi connectivity index (χ3v) is 5.86. The van der Waals surface area contributed by atoms with Crippen LogP contribution in [0.2, 0.25) is 5.02 Å². The fraction of sp³-hybridized carbons (Fsp3) is 0.0870. The van der Waals surface area contributed by atoms with Gasteiger partial charge in [-0.15, -0.1) is 10.2 Å². The van der Waals surface area contributed by atoms with Crippen LogP contribution in [0.3, 0.4) is 0 Å². The molecule has 0 fully saturated rings. The fourth-order valence-corrected chi connectivity index (χ4v) is 4.26. The van der Waals surface area contributed by atoms with Crippen LogP contribution < -0.4 is 4.74 Å². The van der Waals surface area contributed by atoms with Crippen molar-refractivity contribution in [1.82, 2.24) is 14.8 Å². The molecule has 0 spiro atoms. The van der Waals surface area contributed by atoms with Crippen molar-refractivity contribution in [3.63, 3.8) is 0 Å². The number of hydrogen-bond acceptors (Lipinski definition) is 5. The van der Waals surface area contributed by atoms with E-state index in [9.17, 15) is 0 Å². The molecule has 7 heteroatoms. The zero-order chi connectivity index (χ0) is 20.9. The number of halogens is 1. The monoisotopic (exact) mass is 432 g/mol. The van der Waals surface area contributed by atoms with E-state index in [4.69, 9.17) is 21.6 Å². The van der Waals surface area contributed by atoms with Gasteiger partial charge in [0.05, 0.1) is 18.7 Å². The van der Waals surface area contributed by atoms with E-state index in [2.05, 4.69) is 16.3 Å². The summed E-state index contributed by atoms with van der Waals surface area (Å²) in [4.78, 5) is 0. The number of nitriles is 1. The lowest BCUT2D eigenvalue weighted by Crippen LogP contribution is -1.99. The summed E-state index contributed by atoms with van der Waals surface area (Å²) < 4.78 is 7.29. The number of nitrogens with zero attached hydrogens (tertiary/aromatic N) is 4. The van der Waals surface area contributed by atoms with E-state index in [0.717, 1.165) is 33.5 Å². The van der Waals surface area contributed by atoms with Crippen LogP contribution in [-0.4, -0.2) is 21.9 Å². The molecular formula is C23H17ClN4OS. The molecule has 0 N–H and O–H groups in total. The molecular weight excluding hydrogens is 416 g/mol. The van der Waals surface area contributed by atoms with Crippen molar-refractivity contribution in [2.75, 3.05) is 7.11 Å². The van der Waals surface area contributed by atoms with Gasteiger partial charge in [-0.25, -0.2) is 0 Å². The summed E-state index contributed by atoms with van der Waals surface area (Å²) in [6.45, 7) is 0. The van der Waals surface area contributed by atoms with Crippen molar-refractivity contribution in [3.05, 3.63) is 88.9 Å². The Morgan fingerprint density at radius 2 is 1.80 bits per heavy atom. The molecule has 1 heterocycles. The first-order valence-electron chi connectivity index (χ1n) is 9.16. The van der Waals surface area contributed by atoms with E-state index in [0.29, 0.717) is 16.3 Å². The van der Waals surface area contributed by atoms with Crippen molar-refractivity contribution in [1.29, 1.82) is 5.26 Å². The molecule has 0 unspecified atom stereocenters. The molecule has 0 aliphatic rings. The number of rotatable bonds is 6. The highest BCUT2D eigenvalue weighted by Crippen LogP contribution is 2.32. The van der Waals surface area contributed by atoms with Gasteiger partial charge >= 0.3 is 0 Å². The highest BCUT2D eigenvalue weighted by atomic mass is 35.5. The third-order valence-electron chi connectivity index (χ3n) is 4.53. The smallest absolute Gasteiger partial charge is 0.196 e. The van der Waals surface area contributed by atoms with Crippen molar-refractivity contribution < 1.29 is 4.74 Å². The van der Waals surface area contributed by atoms with Crippen LogP contribution in [0, 0.1) is 11.3 Å². The molecule has 3 aromatic carbocycles. The summed E-state index contributed by atoms with van der Waals surface area (Å²) in [7, 11) is 1.64. The maximum Gasteiger partial charge on any atom is 0.196 e. The number of thioether (sulfide) groups is 1. The van der Waals surface area contributed by atoms with Gasteiger partial charge in [0.1, 0.15) is 5.75 Å². The number of para-hydroxylation sites is 1. The van der Waals surface area contributed by atoms with E-state index in [1.807, 2.05) is 65.2 Å². The zero-order valence-electron chi connectivity index (χ0n) is 16.1. The van der Waals surface area contributed by atoms with Gasteiger partial charge < -0.3 is 4.74 Å². The van der Waals surface area contributed by atoms with Crippen LogP contribution >= 0.6 is 23.4 Å². The zero-order valence-corrected chi connectivity index (χ0v) is 17.7. The second-order valence-corrected chi connectivity index (χ2v) is 7.76. The predicted octanol–water partition coefficient (Wildman–Crippen LogP) is 5.76. The predicted molar refractivity (Wildman–Crippen MR) is 119 cm³/mol. The summed E-state index contributed by atoms with van der Waals surface area (Å²) in [5, 5.41) is 19.2. The van der Waals surface area contributed by atoms with Crippen molar-refractivity contribution in [3.8, 4) is 28.9 Å². The topological polar surface area (TPSA) is 63.7 Å². The fourth-order valence-electron chi connectivity index (χ4n) is 2.98. The standard InChI is InChI=1S/C23H17ClN4OS/c1-29-20-11-9-17(10-12-20)22-26-27-23(28(22)19-5-3-2-4-6-19)30-15-18-8-7-16(14-25)13-21(18)24/h2-13H,15H2,1H3. The minimum absolute atomic E-state index is 0.544. The number of aromatic nitrogens is 3. The van der Waals surface area contributed by atoms with Gasteiger partial charge in [-0.2, -0.15) is 5.26 Å². The quantitative estimate of drug-likeness (QED) is 0.362. The number of ether oxygens (including phenoxy) is 1. The normalized spacial score (nSPS) is 10.6. The van der Waals surface area contributed by atoms with Crippen molar-refractivity contribution in [2.24, 2.45) is 0 Å². The third kappa shape index (κ3) is 4.18. The maximum absolute atomic E-state index is 9.02. The molecule has 4 aromatic rings. The largest absolute Gasteiger partial charge is 0.497 e. The Morgan fingerprint density at radius 1 is 1.03 bits per heavy atom. The summed E-state index contributed by atoms with van der Waals surface area (Å²) in [6, 6.07) is 25.2. The Bertz CT molecular complexity index is 1200. The molecule has 148 valence electrons. The van der Waals surface area contributed by atoms with Gasteiger partial charge in [0.2, 0.25) is 0 Å². The highest BCUT2D eigenvalue weighted by Gasteiger charge is 2.17. The van der Waals surface area contributed by atoms with Gasteiger partial charge in [0.25, 0.3) is 0 Å². The number of methoxy groups -OCH3 is 1. The molecule has 0 bridgehead atoms. The Morgan fingerprint density at radius 3 is 2.47 bits per heavy atom. The summed E-state index contributed by atoms with van der Waals surface area (Å²) in [5.41, 5.74) is 3.40. The molecule has 5 nitrogen and oxygen atoms in total. The molecule has 4 rings (SSSR count). The van der Waals surface area contributed by atoms with Crippen LogP contribution in [-0.2, 0) is 5.75 Å². The molecule has 0 aliphatic heterocycles. The van der Waals surface area contributed by atoms with Crippen LogP contribution in [0.4, 0.5) is 0 Å². The molecule has 0 saturated carbocycles. The SMILES string of the molecule is COc1ccc(-c2nnc(SCc3ccc(C#N)cc3Cl)n2-c2ccccc2)cc1. The lowest BCUT2D eigenvalue weighted by Gasteiger charge is -2.11. The Kier molecular flexibility index (Phi) is 6.03. The van der Waals surface area contributed by atoms with Gasteiger partial charge in [0.15, 0.2) is 11.0 Å². The van der Waals surface area contributed by atoms with Crippen LogP contribution in [0.15, 0.2) is 78.0 Å². The molecule has 0 aliphatic carbocycles. The lowest BCUT2D eigenvalue weighted by molar-refractivity contribution is 0.415. The summed E-state index contributed by atoms with van der Waals surface area (Å²) in [6.07, 6.45) is 0. The van der Waals surface area contributed by atoms with E-state index >= 15 is 0 Å². The van der Waals surface area contributed by atoms with Gasteiger partial charge in [-0.05, 0) is 54.1 Å². The van der Waals surface area contributed by atoms with E-state index < -0.39 is 0 Å². The highest BCUT2D eigenvalue weighted by molar-refractivity contribution is 7.98. The minimum atomic E-state index is 0.544. The summed E-state index contributed by atoms with van der Waals surface area (Å²) in [5.74, 6) is 2.14. The lowest BCUT2D eigenvalue weighted by atomic mass is 10.2. The first-order valence-corrected chi connectivity index (χ1v) is 10.5. The summed E-state index contributed by atoms with van der Waals surface area (Å²) >= 11 is 7.88. The first kappa shape index (κ1) is 20.0. The second-order valence-electron chi connectivity index (χ2n) is 6.41. The molecule has 0 amide bonds. The molecule has 0 atom stereocenters. The van der Waals surface area contributed by atoms with Gasteiger partial charge in [-0.1, -0.05) is 47.6 Å². The van der Waals surface area contributed by atoms with Crippen LogP contribution in [0.5, 0.6) is 5.75 Å². The van der Waals surface area contributed by atoms with Crippen molar-refractivity contribution >= 4 is 23.4 Å². The molecule has 1 aromatic heterocycles. The average Bonchev–Trinajstić information content (AvgIpc) is 3.22. The molecule has 0 radical (unpaired) electrons. The van der Waals surface area contributed by atoms with Crippen molar-refractivity contribution in [2.45, 2.75) is 10.9 Å². The average molecular weight is 433 g/mol. The Labute approximate surface area is 183 Å². The van der Waals surface area contributed by atoms with Crippen LogP contribution in [0.25, 0.3) is 17.1 Å². The van der Waals surface area contributed by atoms with E-state index in [1.165, 1.54) is 0 Å². The van der Waals surface area contributed by atoms with Gasteiger partial charge in [0, 0.05) is 22.0 Å². The first-order chi connectivity index (χ1) is 14.7. The second kappa shape index (κ2) is 9.04. The number of benzene rings is 3. The Hall–Kier alpha value is -3.27. The molecule has 0 saturated heterocycles.